The van der Waals surface area contributed by atoms with Crippen LogP contribution in [0, 0.1) is 0 Å². The molecule has 0 radical (unpaired) electrons. The number of hydrogen-bond donors (Lipinski definition) is 1. The van der Waals surface area contributed by atoms with Gasteiger partial charge in [0, 0.05) is 0 Å². The predicted molar refractivity (Wildman–Crippen MR) is 70.8 cm³/mol. The summed E-state index contributed by atoms with van der Waals surface area (Å²) in [6.07, 6.45) is 0. The molecule has 2 N–H and O–H groups in total. The van der Waals surface area contributed by atoms with Crippen LogP contribution in [-0.4, -0.2) is 13.1 Å². The summed E-state index contributed by atoms with van der Waals surface area (Å²) in [5.74, 6) is -0.430. The van der Waals surface area contributed by atoms with E-state index in [0.717, 1.165) is 16.7 Å². The Morgan fingerprint density at radius 3 is 2.39 bits per heavy atom. The fraction of sp³-hybridized carbons (Fsp3) is 0.133. The molecule has 0 aliphatic rings. The normalized spacial score (nSPS) is 11.9. The molecule has 1 unspecified atom stereocenters. The molecule has 0 aromatic heterocycles. The maximum atomic E-state index is 11.4. The SMILES string of the molecule is COC(=O)C(N)c1cccc(-c2ccccc2)c1. The lowest BCUT2D eigenvalue weighted by Gasteiger charge is -2.11. The van der Waals surface area contributed by atoms with E-state index in [1.807, 2.05) is 54.6 Å². The van der Waals surface area contributed by atoms with Gasteiger partial charge in [-0.05, 0) is 22.8 Å². The number of esters is 1. The van der Waals surface area contributed by atoms with Crippen molar-refractivity contribution in [3.8, 4) is 11.1 Å². The van der Waals surface area contributed by atoms with Crippen LogP contribution in [0.3, 0.4) is 0 Å². The number of rotatable bonds is 3. The quantitative estimate of drug-likeness (QED) is 0.840. The third-order valence-electron chi connectivity index (χ3n) is 2.81. The zero-order chi connectivity index (χ0) is 13.0. The van der Waals surface area contributed by atoms with E-state index >= 15 is 0 Å². The average molecular weight is 241 g/mol. The van der Waals surface area contributed by atoms with Gasteiger partial charge in [0.05, 0.1) is 7.11 Å². The van der Waals surface area contributed by atoms with Crippen molar-refractivity contribution in [3.05, 3.63) is 60.2 Å². The number of ether oxygens (including phenoxy) is 1. The molecule has 0 amide bonds. The standard InChI is InChI=1S/C15H15NO2/c1-18-15(17)14(16)13-9-5-8-12(10-13)11-6-3-2-4-7-11/h2-10,14H,16H2,1H3. The molecule has 2 aromatic carbocycles. The first kappa shape index (κ1) is 12.3. The maximum Gasteiger partial charge on any atom is 0.327 e. The lowest BCUT2D eigenvalue weighted by Crippen LogP contribution is -2.22. The minimum absolute atomic E-state index is 0.430. The summed E-state index contributed by atoms with van der Waals surface area (Å²) in [5, 5.41) is 0. The van der Waals surface area contributed by atoms with Crippen LogP contribution in [0.25, 0.3) is 11.1 Å². The molecule has 0 aliphatic carbocycles. The Morgan fingerprint density at radius 2 is 1.72 bits per heavy atom. The Balaban J connectivity index is 2.34. The van der Waals surface area contributed by atoms with E-state index in [4.69, 9.17) is 5.73 Å². The molecule has 0 saturated heterocycles. The molecule has 92 valence electrons. The second-order valence-electron chi connectivity index (χ2n) is 3.99. The van der Waals surface area contributed by atoms with E-state index in [1.54, 1.807) is 0 Å². The summed E-state index contributed by atoms with van der Waals surface area (Å²) in [7, 11) is 1.34. The van der Waals surface area contributed by atoms with Crippen molar-refractivity contribution in [2.75, 3.05) is 7.11 Å². The van der Waals surface area contributed by atoms with Gasteiger partial charge < -0.3 is 10.5 Å². The van der Waals surface area contributed by atoms with Crippen LogP contribution in [0.2, 0.25) is 0 Å². The lowest BCUT2D eigenvalue weighted by atomic mass is 10.00. The Bertz CT molecular complexity index is 537. The van der Waals surface area contributed by atoms with Gasteiger partial charge in [-0.3, -0.25) is 4.79 Å². The molecular weight excluding hydrogens is 226 g/mol. The van der Waals surface area contributed by atoms with Gasteiger partial charge in [-0.1, -0.05) is 48.5 Å². The molecule has 0 aliphatic heterocycles. The number of carbonyl (C=O) groups is 1. The molecule has 1 atom stereocenters. The lowest BCUT2D eigenvalue weighted by molar-refractivity contribution is -0.142. The third kappa shape index (κ3) is 2.57. The van der Waals surface area contributed by atoms with Crippen molar-refractivity contribution < 1.29 is 9.53 Å². The maximum absolute atomic E-state index is 11.4. The summed E-state index contributed by atoms with van der Waals surface area (Å²) in [5.41, 5.74) is 8.70. The fourth-order valence-corrected chi connectivity index (χ4v) is 1.81. The summed E-state index contributed by atoms with van der Waals surface area (Å²) in [4.78, 5) is 11.4. The molecule has 3 nitrogen and oxygen atoms in total. The zero-order valence-electron chi connectivity index (χ0n) is 10.2. The Morgan fingerprint density at radius 1 is 1.06 bits per heavy atom. The van der Waals surface area contributed by atoms with Gasteiger partial charge in [0.1, 0.15) is 6.04 Å². The van der Waals surface area contributed by atoms with Gasteiger partial charge in [0.15, 0.2) is 0 Å². The molecular formula is C15H15NO2. The molecule has 3 heteroatoms. The largest absolute Gasteiger partial charge is 0.468 e. The number of carbonyl (C=O) groups excluding carboxylic acids is 1. The van der Waals surface area contributed by atoms with Crippen molar-refractivity contribution in [1.82, 2.24) is 0 Å². The Labute approximate surface area is 106 Å². The summed E-state index contributed by atoms with van der Waals surface area (Å²) in [6.45, 7) is 0. The Kier molecular flexibility index (Phi) is 3.75. The summed E-state index contributed by atoms with van der Waals surface area (Å²) < 4.78 is 4.65. The topological polar surface area (TPSA) is 52.3 Å². The monoisotopic (exact) mass is 241 g/mol. The van der Waals surface area contributed by atoms with Crippen LogP contribution in [-0.2, 0) is 9.53 Å². The van der Waals surface area contributed by atoms with E-state index in [0.29, 0.717) is 0 Å². The minimum atomic E-state index is -0.737. The van der Waals surface area contributed by atoms with Gasteiger partial charge in [-0.2, -0.15) is 0 Å². The highest BCUT2D eigenvalue weighted by Gasteiger charge is 2.16. The van der Waals surface area contributed by atoms with Gasteiger partial charge in [-0.25, -0.2) is 0 Å². The molecule has 0 heterocycles. The second kappa shape index (κ2) is 5.47. The Hall–Kier alpha value is -2.13. The summed E-state index contributed by atoms with van der Waals surface area (Å²) >= 11 is 0. The van der Waals surface area contributed by atoms with Crippen molar-refractivity contribution in [2.45, 2.75) is 6.04 Å². The average Bonchev–Trinajstić information content (AvgIpc) is 2.46. The van der Waals surface area contributed by atoms with E-state index in [1.165, 1.54) is 7.11 Å². The highest BCUT2D eigenvalue weighted by molar-refractivity contribution is 5.78. The number of nitrogens with two attached hydrogens (primary N) is 1. The molecule has 0 bridgehead atoms. The minimum Gasteiger partial charge on any atom is -0.468 e. The van der Waals surface area contributed by atoms with E-state index in [9.17, 15) is 4.79 Å². The van der Waals surface area contributed by atoms with E-state index < -0.39 is 12.0 Å². The van der Waals surface area contributed by atoms with E-state index in [-0.39, 0.29) is 0 Å². The predicted octanol–water partition coefficient (Wildman–Crippen LogP) is 2.53. The highest BCUT2D eigenvalue weighted by atomic mass is 16.5. The van der Waals surface area contributed by atoms with Crippen LogP contribution in [0.5, 0.6) is 0 Å². The molecule has 0 fully saturated rings. The molecule has 18 heavy (non-hydrogen) atoms. The summed E-state index contributed by atoms with van der Waals surface area (Å²) in [6, 6.07) is 16.8. The number of benzene rings is 2. The first-order valence-corrected chi connectivity index (χ1v) is 5.71. The van der Waals surface area contributed by atoms with Gasteiger partial charge >= 0.3 is 5.97 Å². The molecule has 0 spiro atoms. The smallest absolute Gasteiger partial charge is 0.327 e. The van der Waals surface area contributed by atoms with Crippen molar-refractivity contribution >= 4 is 5.97 Å². The van der Waals surface area contributed by atoms with Crippen LogP contribution in [0.15, 0.2) is 54.6 Å². The number of methoxy groups -OCH3 is 1. The van der Waals surface area contributed by atoms with E-state index in [2.05, 4.69) is 4.74 Å². The van der Waals surface area contributed by atoms with Gasteiger partial charge in [0.2, 0.25) is 0 Å². The zero-order valence-corrected chi connectivity index (χ0v) is 10.2. The van der Waals surface area contributed by atoms with Crippen LogP contribution < -0.4 is 5.73 Å². The molecule has 2 aromatic rings. The van der Waals surface area contributed by atoms with Crippen molar-refractivity contribution in [2.24, 2.45) is 5.73 Å². The fourth-order valence-electron chi connectivity index (χ4n) is 1.81. The van der Waals surface area contributed by atoms with Crippen LogP contribution in [0.4, 0.5) is 0 Å². The van der Waals surface area contributed by atoms with Gasteiger partial charge in [-0.15, -0.1) is 0 Å². The van der Waals surface area contributed by atoms with Gasteiger partial charge in [0.25, 0.3) is 0 Å². The first-order chi connectivity index (χ1) is 8.72. The van der Waals surface area contributed by atoms with Crippen LogP contribution >= 0.6 is 0 Å². The first-order valence-electron chi connectivity index (χ1n) is 5.71. The molecule has 2 rings (SSSR count). The second-order valence-corrected chi connectivity index (χ2v) is 3.99. The van der Waals surface area contributed by atoms with Crippen LogP contribution in [0.1, 0.15) is 11.6 Å². The molecule has 0 saturated carbocycles. The third-order valence-corrected chi connectivity index (χ3v) is 2.81. The highest BCUT2D eigenvalue weighted by Crippen LogP contribution is 2.22. The van der Waals surface area contributed by atoms with Crippen molar-refractivity contribution in [1.29, 1.82) is 0 Å². The number of hydrogen-bond acceptors (Lipinski definition) is 3. The van der Waals surface area contributed by atoms with Crippen molar-refractivity contribution in [3.63, 3.8) is 0 Å².